The minimum atomic E-state index is -1.09. The predicted octanol–water partition coefficient (Wildman–Crippen LogP) is -1.42. The van der Waals surface area contributed by atoms with E-state index >= 15 is 0 Å². The van der Waals surface area contributed by atoms with Crippen LogP contribution in [0.3, 0.4) is 0 Å². The van der Waals surface area contributed by atoms with Crippen LogP contribution in [0.25, 0.3) is 0 Å². The second-order valence-corrected chi connectivity index (χ2v) is 4.08. The quantitative estimate of drug-likeness (QED) is 0.224. The zero-order chi connectivity index (χ0) is 13.7. The van der Waals surface area contributed by atoms with Crippen molar-refractivity contribution in [3.8, 4) is 0 Å². The molecule has 0 aliphatic rings. The minimum Gasteiger partial charge on any atom is -0.867 e. The first kappa shape index (κ1) is 17.9. The summed E-state index contributed by atoms with van der Waals surface area (Å²) in [5.41, 5.74) is 0.0981. The van der Waals surface area contributed by atoms with Crippen LogP contribution in [0.5, 0.6) is 0 Å². The van der Waals surface area contributed by atoms with Gasteiger partial charge in [0.05, 0.1) is 11.1 Å². The first-order chi connectivity index (χ1) is 8.45. The molecule has 0 saturated carbocycles. The summed E-state index contributed by atoms with van der Waals surface area (Å²) in [5, 5.41) is 11.2. The van der Waals surface area contributed by atoms with Crippen molar-refractivity contribution >= 4 is 27.7 Å². The second kappa shape index (κ2) is 8.15. The average Bonchev–Trinajstić information content (AvgIpc) is 2.32. The van der Waals surface area contributed by atoms with Gasteiger partial charge in [-0.1, -0.05) is 0 Å². The van der Waals surface area contributed by atoms with E-state index in [9.17, 15) is 19.1 Å². The van der Waals surface area contributed by atoms with Crippen LogP contribution in [0.4, 0.5) is 4.39 Å². The number of ether oxygens (including phenoxy) is 1. The molecule has 1 rings (SSSR count). The Morgan fingerprint density at radius 1 is 1.47 bits per heavy atom. The molecule has 0 aliphatic carbocycles. The molecule has 19 heavy (non-hydrogen) atoms. The number of ketones is 1. The Morgan fingerprint density at radius 2 is 2.11 bits per heavy atom. The summed E-state index contributed by atoms with van der Waals surface area (Å²) in [6.45, 7) is 1.60. The number of esters is 1. The van der Waals surface area contributed by atoms with Crippen LogP contribution in [0.15, 0.2) is 34.5 Å². The van der Waals surface area contributed by atoms with Gasteiger partial charge in [0.15, 0.2) is 5.78 Å². The normalized spacial score (nSPS) is 10.6. The first-order valence-electron chi connectivity index (χ1n) is 5.01. The van der Waals surface area contributed by atoms with Gasteiger partial charge in [0, 0.05) is 5.56 Å². The van der Waals surface area contributed by atoms with Crippen molar-refractivity contribution in [2.45, 2.75) is 6.92 Å². The fourth-order valence-electron chi connectivity index (χ4n) is 1.11. The van der Waals surface area contributed by atoms with Gasteiger partial charge in [0.25, 0.3) is 0 Å². The standard InChI is InChI=1S/C12H10BrFO4.Li/c1-2-18-12(17)11(16)6-10(15)7-3-4-9(14)8(13)5-7;/h3-6,16H,2H2,1H3;/q;+1/p-1/b11-6-;. The van der Waals surface area contributed by atoms with Crippen molar-refractivity contribution in [1.82, 2.24) is 0 Å². The minimum absolute atomic E-state index is 0. The van der Waals surface area contributed by atoms with Crippen molar-refractivity contribution in [3.63, 3.8) is 0 Å². The van der Waals surface area contributed by atoms with E-state index < -0.39 is 23.3 Å². The maximum absolute atomic E-state index is 12.9. The summed E-state index contributed by atoms with van der Waals surface area (Å²) in [5.74, 6) is -3.34. The SMILES string of the molecule is CCOC(=O)/C([O-])=C/C(=O)c1ccc(F)c(Br)c1.[Li+]. The number of hydrogen-bond donors (Lipinski definition) is 0. The predicted molar refractivity (Wildman–Crippen MR) is 63.1 cm³/mol. The molecular weight excluding hydrogens is 314 g/mol. The van der Waals surface area contributed by atoms with Crippen molar-refractivity contribution in [3.05, 3.63) is 45.9 Å². The van der Waals surface area contributed by atoms with Crippen LogP contribution < -0.4 is 24.0 Å². The molecular formula is C12H9BrFLiO4. The third-order valence-corrected chi connectivity index (χ3v) is 2.55. The third kappa shape index (κ3) is 5.19. The van der Waals surface area contributed by atoms with E-state index in [0.717, 1.165) is 6.07 Å². The van der Waals surface area contributed by atoms with Gasteiger partial charge in [-0.05, 0) is 52.9 Å². The summed E-state index contributed by atoms with van der Waals surface area (Å²) in [6.07, 6.45) is 0.623. The number of carbonyl (C=O) groups excluding carboxylic acids is 2. The van der Waals surface area contributed by atoms with E-state index in [-0.39, 0.29) is 35.5 Å². The molecule has 0 fully saturated rings. The van der Waals surface area contributed by atoms with E-state index in [4.69, 9.17) is 0 Å². The zero-order valence-corrected chi connectivity index (χ0v) is 12.0. The first-order valence-corrected chi connectivity index (χ1v) is 5.80. The molecule has 0 radical (unpaired) electrons. The van der Waals surface area contributed by atoms with Crippen LogP contribution in [-0.4, -0.2) is 18.4 Å². The fraction of sp³-hybridized carbons (Fsp3) is 0.167. The Balaban J connectivity index is 0.00000324. The molecule has 4 nitrogen and oxygen atoms in total. The number of hydrogen-bond acceptors (Lipinski definition) is 4. The molecule has 0 atom stereocenters. The van der Waals surface area contributed by atoms with Crippen LogP contribution >= 0.6 is 15.9 Å². The maximum Gasteiger partial charge on any atom is 1.00 e. The molecule has 0 unspecified atom stereocenters. The molecule has 7 heteroatoms. The monoisotopic (exact) mass is 322 g/mol. The summed E-state index contributed by atoms with van der Waals surface area (Å²) >= 11 is 2.92. The Kier molecular flexibility index (Phi) is 7.68. The Bertz CT molecular complexity index is 516. The van der Waals surface area contributed by atoms with Crippen molar-refractivity contribution in [2.24, 2.45) is 0 Å². The number of halogens is 2. The van der Waals surface area contributed by atoms with E-state index in [1.165, 1.54) is 12.1 Å². The number of allylic oxidation sites excluding steroid dienone is 1. The summed E-state index contributed by atoms with van der Waals surface area (Å²) in [6, 6.07) is 3.53. The van der Waals surface area contributed by atoms with Gasteiger partial charge in [0.1, 0.15) is 5.82 Å². The number of benzene rings is 1. The van der Waals surface area contributed by atoms with Crippen LogP contribution in [0, 0.1) is 5.82 Å². The van der Waals surface area contributed by atoms with Gasteiger partial charge < -0.3 is 9.84 Å². The second-order valence-electron chi connectivity index (χ2n) is 3.22. The Labute approximate surface area is 129 Å². The van der Waals surface area contributed by atoms with E-state index in [2.05, 4.69) is 20.7 Å². The van der Waals surface area contributed by atoms with Crippen LogP contribution in [0.1, 0.15) is 17.3 Å². The van der Waals surface area contributed by atoms with Gasteiger partial charge in [-0.3, -0.25) is 4.79 Å². The van der Waals surface area contributed by atoms with E-state index in [1.54, 1.807) is 6.92 Å². The zero-order valence-electron chi connectivity index (χ0n) is 10.4. The number of rotatable bonds is 4. The molecule has 0 amide bonds. The summed E-state index contributed by atoms with van der Waals surface area (Å²) in [4.78, 5) is 22.6. The molecule has 96 valence electrons. The maximum atomic E-state index is 12.9. The van der Waals surface area contributed by atoms with Crippen LogP contribution in [0.2, 0.25) is 0 Å². The van der Waals surface area contributed by atoms with Gasteiger partial charge in [-0.15, -0.1) is 0 Å². The molecule has 1 aromatic carbocycles. The smallest absolute Gasteiger partial charge is 0.867 e. The molecule has 0 aromatic heterocycles. The fourth-order valence-corrected chi connectivity index (χ4v) is 1.49. The Hall–Kier alpha value is -1.09. The van der Waals surface area contributed by atoms with Gasteiger partial charge >= 0.3 is 24.8 Å². The van der Waals surface area contributed by atoms with Gasteiger partial charge in [-0.2, -0.15) is 0 Å². The summed E-state index contributed by atoms with van der Waals surface area (Å²) in [7, 11) is 0. The largest absolute Gasteiger partial charge is 1.00 e. The molecule has 0 saturated heterocycles. The van der Waals surface area contributed by atoms with E-state index in [1.807, 2.05) is 0 Å². The molecule has 0 heterocycles. The van der Waals surface area contributed by atoms with Crippen molar-refractivity contribution in [1.29, 1.82) is 0 Å². The van der Waals surface area contributed by atoms with Crippen molar-refractivity contribution < 1.29 is 42.7 Å². The van der Waals surface area contributed by atoms with Gasteiger partial charge in [0.2, 0.25) is 0 Å². The van der Waals surface area contributed by atoms with E-state index in [0.29, 0.717) is 6.08 Å². The number of carbonyl (C=O) groups is 2. The topological polar surface area (TPSA) is 66.4 Å². The van der Waals surface area contributed by atoms with Crippen molar-refractivity contribution in [2.75, 3.05) is 6.61 Å². The average molecular weight is 323 g/mol. The van der Waals surface area contributed by atoms with Gasteiger partial charge in [-0.25, -0.2) is 9.18 Å². The molecule has 1 aromatic rings. The van der Waals surface area contributed by atoms with Crippen LogP contribution in [-0.2, 0) is 9.53 Å². The molecule has 0 spiro atoms. The summed E-state index contributed by atoms with van der Waals surface area (Å²) < 4.78 is 17.5. The molecule has 0 aliphatic heterocycles. The Morgan fingerprint density at radius 3 is 2.63 bits per heavy atom. The molecule has 0 bridgehead atoms. The third-order valence-electron chi connectivity index (χ3n) is 1.94. The molecule has 0 N–H and O–H groups in total.